The van der Waals surface area contributed by atoms with Crippen molar-refractivity contribution in [3.05, 3.63) is 59.5 Å². The average Bonchev–Trinajstić information content (AvgIpc) is 3.37. The summed E-state index contributed by atoms with van der Waals surface area (Å²) in [6.07, 6.45) is 1.54. The molecule has 2 saturated heterocycles. The highest BCUT2D eigenvalue weighted by molar-refractivity contribution is 5.91. The van der Waals surface area contributed by atoms with E-state index in [1.807, 2.05) is 11.9 Å². The Morgan fingerprint density at radius 2 is 1.81 bits per heavy atom. The number of furan rings is 1. The summed E-state index contributed by atoms with van der Waals surface area (Å²) in [7, 11) is 1.82. The summed E-state index contributed by atoms with van der Waals surface area (Å²) in [5, 5.41) is 3.60. The number of rotatable bonds is 5. The zero-order valence-corrected chi connectivity index (χ0v) is 19.0. The molecule has 1 N–H and O–H groups in total. The van der Waals surface area contributed by atoms with Crippen LogP contribution >= 0.6 is 0 Å². The number of morpholine rings is 1. The van der Waals surface area contributed by atoms with E-state index in [0.717, 1.165) is 51.9 Å². The summed E-state index contributed by atoms with van der Waals surface area (Å²) < 4.78 is 10.8. The van der Waals surface area contributed by atoms with Gasteiger partial charge >= 0.3 is 0 Å². The molecule has 0 saturated carbocycles. The lowest BCUT2D eigenvalue weighted by Crippen LogP contribution is -2.54. The number of carbonyl (C=O) groups is 1. The van der Waals surface area contributed by atoms with Crippen molar-refractivity contribution in [1.29, 1.82) is 0 Å². The van der Waals surface area contributed by atoms with Gasteiger partial charge in [-0.15, -0.1) is 0 Å². The maximum Gasteiger partial charge on any atom is 0.289 e. The second-order valence-corrected chi connectivity index (χ2v) is 8.26. The van der Waals surface area contributed by atoms with E-state index in [4.69, 9.17) is 9.15 Å². The lowest BCUT2D eigenvalue weighted by Gasteiger charge is -2.38. The zero-order chi connectivity index (χ0) is 22.3. The van der Waals surface area contributed by atoms with Crippen LogP contribution < -0.4 is 5.32 Å². The molecule has 1 aromatic carbocycles. The molecule has 3 heterocycles. The molecule has 8 nitrogen and oxygen atoms in total. The van der Waals surface area contributed by atoms with Gasteiger partial charge in [-0.3, -0.25) is 14.7 Å². The third kappa shape index (κ3) is 5.31. The van der Waals surface area contributed by atoms with E-state index in [2.05, 4.69) is 51.3 Å². The van der Waals surface area contributed by atoms with Gasteiger partial charge in [-0.05, 0) is 24.6 Å². The molecule has 2 aromatic rings. The molecule has 0 aliphatic carbocycles. The van der Waals surface area contributed by atoms with Gasteiger partial charge in [-0.25, -0.2) is 0 Å². The van der Waals surface area contributed by atoms with E-state index in [9.17, 15) is 4.79 Å². The van der Waals surface area contributed by atoms with E-state index >= 15 is 0 Å². The van der Waals surface area contributed by atoms with Gasteiger partial charge in [-0.2, -0.15) is 0 Å². The zero-order valence-electron chi connectivity index (χ0n) is 19.0. The van der Waals surface area contributed by atoms with Gasteiger partial charge in [0.2, 0.25) is 0 Å². The molecule has 1 unspecified atom stereocenters. The van der Waals surface area contributed by atoms with Crippen molar-refractivity contribution >= 4 is 11.9 Å². The maximum atomic E-state index is 12.5. The van der Waals surface area contributed by atoms with Gasteiger partial charge in [0.1, 0.15) is 0 Å². The van der Waals surface area contributed by atoms with E-state index in [1.54, 1.807) is 12.1 Å². The monoisotopic (exact) mass is 439 g/mol. The quantitative estimate of drug-likeness (QED) is 0.568. The van der Waals surface area contributed by atoms with E-state index < -0.39 is 0 Å². The first-order chi connectivity index (χ1) is 15.7. The third-order valence-electron chi connectivity index (χ3n) is 6.18. The topological polar surface area (TPSA) is 73.6 Å². The predicted octanol–water partition coefficient (Wildman–Crippen LogP) is 1.99. The molecular weight excluding hydrogens is 406 g/mol. The van der Waals surface area contributed by atoms with E-state index in [1.165, 1.54) is 17.4 Å². The number of hydrogen-bond donors (Lipinski definition) is 1. The molecule has 8 heteroatoms. The number of guanidine groups is 1. The van der Waals surface area contributed by atoms with Crippen molar-refractivity contribution < 1.29 is 13.9 Å². The summed E-state index contributed by atoms with van der Waals surface area (Å²) in [4.78, 5) is 23.6. The fourth-order valence-electron chi connectivity index (χ4n) is 4.42. The normalized spacial score (nSPS) is 19.1. The van der Waals surface area contributed by atoms with Crippen molar-refractivity contribution in [3.8, 4) is 0 Å². The number of aryl methyl sites for hydroxylation is 1. The van der Waals surface area contributed by atoms with Gasteiger partial charge < -0.3 is 24.3 Å². The van der Waals surface area contributed by atoms with Gasteiger partial charge in [0, 0.05) is 52.9 Å². The van der Waals surface area contributed by atoms with Crippen LogP contribution in [-0.2, 0) is 4.74 Å². The summed E-state index contributed by atoms with van der Waals surface area (Å²) in [6, 6.07) is 12.4. The van der Waals surface area contributed by atoms with Gasteiger partial charge in [-0.1, -0.05) is 29.8 Å². The SMILES string of the molecule is CN=C(NCC(c1cccc(C)c1)N1CCOCC1)N1CCN(C(=O)c2ccco2)CC1. The number of nitrogens with zero attached hydrogens (tertiary/aromatic N) is 4. The lowest BCUT2D eigenvalue weighted by molar-refractivity contribution is 0.0168. The van der Waals surface area contributed by atoms with Crippen molar-refractivity contribution in [1.82, 2.24) is 20.0 Å². The summed E-state index contributed by atoms with van der Waals surface area (Å²) >= 11 is 0. The highest BCUT2D eigenvalue weighted by Gasteiger charge is 2.27. The van der Waals surface area contributed by atoms with E-state index in [-0.39, 0.29) is 11.9 Å². The number of ether oxygens (including phenoxy) is 1. The molecule has 32 heavy (non-hydrogen) atoms. The van der Waals surface area contributed by atoms with Gasteiger partial charge in [0.15, 0.2) is 11.7 Å². The minimum Gasteiger partial charge on any atom is -0.459 e. The second kappa shape index (κ2) is 10.7. The standard InChI is InChI=1S/C24H33N5O3/c1-19-5-3-6-20(17-19)21(27-12-15-31-16-13-27)18-26-24(25-2)29-10-8-28(9-11-29)23(30)22-7-4-14-32-22/h3-7,14,17,21H,8-13,15-16,18H2,1-2H3,(H,25,26). The Balaban J connectivity index is 1.37. The van der Waals surface area contributed by atoms with Crippen molar-refractivity contribution in [3.63, 3.8) is 0 Å². The number of benzene rings is 1. The summed E-state index contributed by atoms with van der Waals surface area (Å²) in [5.41, 5.74) is 2.58. The maximum absolute atomic E-state index is 12.5. The van der Waals surface area contributed by atoms with Crippen LogP contribution in [0, 0.1) is 6.92 Å². The molecule has 2 fully saturated rings. The first kappa shape index (κ1) is 22.4. The third-order valence-corrected chi connectivity index (χ3v) is 6.18. The molecule has 0 radical (unpaired) electrons. The molecule has 172 valence electrons. The van der Waals surface area contributed by atoms with Crippen molar-refractivity contribution in [2.75, 3.05) is 66.1 Å². The van der Waals surface area contributed by atoms with Crippen LogP contribution in [0.25, 0.3) is 0 Å². The molecule has 1 atom stereocenters. The molecule has 1 amide bonds. The highest BCUT2D eigenvalue weighted by Crippen LogP contribution is 2.22. The molecule has 0 spiro atoms. The van der Waals surface area contributed by atoms with Crippen LogP contribution in [0.2, 0.25) is 0 Å². The lowest BCUT2D eigenvalue weighted by atomic mass is 10.0. The summed E-state index contributed by atoms with van der Waals surface area (Å²) in [5.74, 6) is 1.22. The average molecular weight is 440 g/mol. The Morgan fingerprint density at radius 1 is 1.06 bits per heavy atom. The molecule has 2 aliphatic rings. The number of carbonyl (C=O) groups excluding carboxylic acids is 1. The number of piperazine rings is 1. The smallest absolute Gasteiger partial charge is 0.289 e. The number of nitrogens with one attached hydrogen (secondary N) is 1. The molecule has 1 aromatic heterocycles. The molecule has 0 bridgehead atoms. The van der Waals surface area contributed by atoms with Crippen molar-refractivity contribution in [2.45, 2.75) is 13.0 Å². The number of amides is 1. The first-order valence-electron chi connectivity index (χ1n) is 11.3. The highest BCUT2D eigenvalue weighted by atomic mass is 16.5. The Kier molecular flexibility index (Phi) is 7.44. The minimum atomic E-state index is -0.0515. The fourth-order valence-corrected chi connectivity index (χ4v) is 4.42. The van der Waals surface area contributed by atoms with Crippen LogP contribution in [0.4, 0.5) is 0 Å². The minimum absolute atomic E-state index is 0.0515. The largest absolute Gasteiger partial charge is 0.459 e. The van der Waals surface area contributed by atoms with Crippen LogP contribution in [0.1, 0.15) is 27.7 Å². The van der Waals surface area contributed by atoms with Crippen LogP contribution in [0.15, 0.2) is 52.1 Å². The van der Waals surface area contributed by atoms with Crippen molar-refractivity contribution in [2.24, 2.45) is 4.99 Å². The molecular formula is C24H33N5O3. The van der Waals surface area contributed by atoms with E-state index in [0.29, 0.717) is 18.8 Å². The fraction of sp³-hybridized carbons (Fsp3) is 0.500. The Morgan fingerprint density at radius 3 is 2.47 bits per heavy atom. The van der Waals surface area contributed by atoms with Crippen LogP contribution in [-0.4, -0.2) is 92.6 Å². The molecule has 4 rings (SSSR count). The van der Waals surface area contributed by atoms with Gasteiger partial charge in [0.25, 0.3) is 5.91 Å². The number of hydrogen-bond acceptors (Lipinski definition) is 5. The number of aliphatic imine (C=N–C) groups is 1. The predicted molar refractivity (Wildman–Crippen MR) is 124 cm³/mol. The Bertz CT molecular complexity index is 900. The van der Waals surface area contributed by atoms with Crippen LogP contribution in [0.3, 0.4) is 0 Å². The summed E-state index contributed by atoms with van der Waals surface area (Å²) in [6.45, 7) is 9.04. The van der Waals surface area contributed by atoms with Gasteiger partial charge in [0.05, 0.1) is 25.5 Å². The van der Waals surface area contributed by atoms with Crippen LogP contribution in [0.5, 0.6) is 0 Å². The molecule has 2 aliphatic heterocycles. The first-order valence-corrected chi connectivity index (χ1v) is 11.3. The second-order valence-electron chi connectivity index (χ2n) is 8.26. The Labute approximate surface area is 189 Å². The Hall–Kier alpha value is -2.84.